The third kappa shape index (κ3) is 2.01. The average molecular weight is 252 g/mol. The molecule has 5 nitrogen and oxygen atoms in total. The van der Waals surface area contributed by atoms with Gasteiger partial charge in [0, 0.05) is 5.56 Å². The Morgan fingerprint density at radius 2 is 2.06 bits per heavy atom. The van der Waals surface area contributed by atoms with Gasteiger partial charge in [0.25, 0.3) is 5.56 Å². The van der Waals surface area contributed by atoms with Gasteiger partial charge in [0.05, 0.1) is 0 Å². The van der Waals surface area contributed by atoms with Gasteiger partial charge < -0.3 is 5.84 Å². The first-order valence-corrected chi connectivity index (χ1v) is 5.91. The highest BCUT2D eigenvalue weighted by Crippen LogP contribution is 2.17. The maximum absolute atomic E-state index is 13.5. The highest BCUT2D eigenvalue weighted by Gasteiger charge is 2.14. The molecular weight excluding hydrogens is 243 g/mol. The van der Waals surface area contributed by atoms with Gasteiger partial charge in [0.1, 0.15) is 5.82 Å². The number of aromatic nitrogens is 3. The van der Waals surface area contributed by atoms with Gasteiger partial charge in [-0.1, -0.05) is 23.9 Å². The number of nitrogen functional groups attached to an aromatic ring is 1. The van der Waals surface area contributed by atoms with E-state index in [9.17, 15) is 9.18 Å². The Hall–Kier alpha value is -1.89. The zero-order valence-electron chi connectivity index (χ0n) is 8.92. The number of nitrogens with zero attached hydrogens (tertiary/aromatic N) is 3. The van der Waals surface area contributed by atoms with Crippen molar-refractivity contribution in [3.63, 3.8) is 0 Å². The van der Waals surface area contributed by atoms with Crippen LogP contribution in [0.3, 0.4) is 0 Å². The van der Waals surface area contributed by atoms with E-state index in [2.05, 4.69) is 10.2 Å². The molecule has 1 aromatic heterocycles. The maximum Gasteiger partial charge on any atom is 0.299 e. The SMILES string of the molecule is CSc1nnc(-c2ccccc2F)c(=O)n1N. The van der Waals surface area contributed by atoms with E-state index in [0.29, 0.717) is 0 Å². The molecule has 0 saturated heterocycles. The van der Waals surface area contributed by atoms with Crippen molar-refractivity contribution in [2.24, 2.45) is 0 Å². The first-order chi connectivity index (χ1) is 8.15. The quantitative estimate of drug-likeness (QED) is 0.634. The second-order valence-electron chi connectivity index (χ2n) is 3.19. The van der Waals surface area contributed by atoms with E-state index >= 15 is 0 Å². The summed E-state index contributed by atoms with van der Waals surface area (Å²) in [5, 5.41) is 7.75. The normalized spacial score (nSPS) is 10.5. The number of nitrogens with two attached hydrogens (primary N) is 1. The minimum Gasteiger partial charge on any atom is -0.334 e. The fourth-order valence-electron chi connectivity index (χ4n) is 1.35. The predicted molar refractivity (Wildman–Crippen MR) is 63.6 cm³/mol. The van der Waals surface area contributed by atoms with Gasteiger partial charge in [0.2, 0.25) is 5.16 Å². The number of halogens is 1. The summed E-state index contributed by atoms with van der Waals surface area (Å²) in [6.45, 7) is 0. The second-order valence-corrected chi connectivity index (χ2v) is 3.96. The standard InChI is InChI=1S/C10H9FN4OS/c1-17-10-14-13-8(9(16)15(10)12)6-4-2-3-5-7(6)11/h2-5H,12H2,1H3. The summed E-state index contributed by atoms with van der Waals surface area (Å²) in [5.74, 6) is 5.01. The van der Waals surface area contributed by atoms with Crippen molar-refractivity contribution in [3.05, 3.63) is 40.4 Å². The van der Waals surface area contributed by atoms with E-state index in [1.165, 1.54) is 30.0 Å². The molecule has 2 rings (SSSR count). The molecule has 0 amide bonds. The van der Waals surface area contributed by atoms with Crippen LogP contribution in [0.25, 0.3) is 11.3 Å². The van der Waals surface area contributed by atoms with Crippen molar-refractivity contribution in [1.29, 1.82) is 0 Å². The summed E-state index contributed by atoms with van der Waals surface area (Å²) in [4.78, 5) is 11.9. The number of rotatable bonds is 2. The topological polar surface area (TPSA) is 73.8 Å². The van der Waals surface area contributed by atoms with E-state index in [1.807, 2.05) is 0 Å². The van der Waals surface area contributed by atoms with Gasteiger partial charge >= 0.3 is 0 Å². The van der Waals surface area contributed by atoms with E-state index in [-0.39, 0.29) is 16.4 Å². The summed E-state index contributed by atoms with van der Waals surface area (Å²) in [6.07, 6.45) is 1.72. The third-order valence-electron chi connectivity index (χ3n) is 2.17. The van der Waals surface area contributed by atoms with Crippen molar-refractivity contribution in [3.8, 4) is 11.3 Å². The lowest BCUT2D eigenvalue weighted by molar-refractivity contribution is 0.627. The fourth-order valence-corrected chi connectivity index (χ4v) is 1.75. The molecule has 0 saturated carbocycles. The van der Waals surface area contributed by atoms with Gasteiger partial charge in [-0.3, -0.25) is 4.79 Å². The van der Waals surface area contributed by atoms with E-state index < -0.39 is 11.4 Å². The molecule has 0 aliphatic rings. The molecule has 0 aliphatic heterocycles. The average Bonchev–Trinajstić information content (AvgIpc) is 2.34. The van der Waals surface area contributed by atoms with Crippen LogP contribution in [-0.4, -0.2) is 21.1 Å². The Bertz CT molecular complexity index is 613. The first-order valence-electron chi connectivity index (χ1n) is 4.69. The molecule has 0 bridgehead atoms. The molecular formula is C10H9FN4OS. The molecule has 1 heterocycles. The van der Waals surface area contributed by atoms with Crippen LogP contribution in [0.15, 0.2) is 34.2 Å². The van der Waals surface area contributed by atoms with Crippen LogP contribution in [-0.2, 0) is 0 Å². The number of thioether (sulfide) groups is 1. The highest BCUT2D eigenvalue weighted by molar-refractivity contribution is 7.98. The zero-order valence-corrected chi connectivity index (χ0v) is 9.74. The lowest BCUT2D eigenvalue weighted by Crippen LogP contribution is -2.32. The van der Waals surface area contributed by atoms with Crippen LogP contribution < -0.4 is 11.4 Å². The molecule has 7 heteroatoms. The smallest absolute Gasteiger partial charge is 0.299 e. The zero-order chi connectivity index (χ0) is 12.4. The largest absolute Gasteiger partial charge is 0.334 e. The van der Waals surface area contributed by atoms with Crippen molar-refractivity contribution in [1.82, 2.24) is 14.9 Å². The second kappa shape index (κ2) is 4.54. The molecule has 17 heavy (non-hydrogen) atoms. The van der Waals surface area contributed by atoms with Crippen molar-refractivity contribution in [2.75, 3.05) is 12.1 Å². The molecule has 0 radical (unpaired) electrons. The van der Waals surface area contributed by atoms with E-state index in [4.69, 9.17) is 5.84 Å². The van der Waals surface area contributed by atoms with Crippen LogP contribution in [0, 0.1) is 5.82 Å². The molecule has 0 unspecified atom stereocenters. The van der Waals surface area contributed by atoms with Crippen LogP contribution >= 0.6 is 11.8 Å². The predicted octanol–water partition coefficient (Wildman–Crippen LogP) is 0.880. The fraction of sp³-hybridized carbons (Fsp3) is 0.100. The summed E-state index contributed by atoms with van der Waals surface area (Å²) in [5.41, 5.74) is -0.574. The van der Waals surface area contributed by atoms with Crippen LogP contribution in [0.2, 0.25) is 0 Å². The molecule has 2 aromatic rings. The van der Waals surface area contributed by atoms with Crippen LogP contribution in [0.5, 0.6) is 0 Å². The van der Waals surface area contributed by atoms with Crippen molar-refractivity contribution < 1.29 is 4.39 Å². The van der Waals surface area contributed by atoms with Crippen LogP contribution in [0.4, 0.5) is 4.39 Å². The Morgan fingerprint density at radius 3 is 2.71 bits per heavy atom. The van der Waals surface area contributed by atoms with Gasteiger partial charge in [-0.25, -0.2) is 4.39 Å². The number of hydrogen-bond acceptors (Lipinski definition) is 5. The highest BCUT2D eigenvalue weighted by atomic mass is 32.2. The Kier molecular flexibility index (Phi) is 3.10. The Labute approximate surface area is 100 Å². The number of hydrogen-bond donors (Lipinski definition) is 1. The summed E-state index contributed by atoms with van der Waals surface area (Å²) in [7, 11) is 0. The summed E-state index contributed by atoms with van der Waals surface area (Å²) >= 11 is 1.19. The number of benzene rings is 1. The van der Waals surface area contributed by atoms with Crippen molar-refractivity contribution >= 4 is 11.8 Å². The lowest BCUT2D eigenvalue weighted by Gasteiger charge is -2.05. The van der Waals surface area contributed by atoms with Crippen molar-refractivity contribution in [2.45, 2.75) is 5.16 Å². The van der Waals surface area contributed by atoms with E-state index in [1.54, 1.807) is 12.3 Å². The lowest BCUT2D eigenvalue weighted by atomic mass is 10.1. The summed E-state index contributed by atoms with van der Waals surface area (Å²) in [6, 6.07) is 5.85. The molecule has 0 atom stereocenters. The molecule has 2 N–H and O–H groups in total. The van der Waals surface area contributed by atoms with Gasteiger partial charge in [0.15, 0.2) is 5.69 Å². The van der Waals surface area contributed by atoms with E-state index in [0.717, 1.165) is 4.68 Å². The van der Waals surface area contributed by atoms with Gasteiger partial charge in [-0.05, 0) is 18.4 Å². The third-order valence-corrected chi connectivity index (χ3v) is 2.82. The molecule has 0 spiro atoms. The van der Waals surface area contributed by atoms with Gasteiger partial charge in [-0.15, -0.1) is 10.2 Å². The van der Waals surface area contributed by atoms with Gasteiger partial charge in [-0.2, -0.15) is 4.68 Å². The summed E-state index contributed by atoms with van der Waals surface area (Å²) < 4.78 is 14.4. The molecule has 88 valence electrons. The molecule has 0 aliphatic carbocycles. The van der Waals surface area contributed by atoms with Crippen LogP contribution in [0.1, 0.15) is 0 Å². The first kappa shape index (κ1) is 11.6. The Morgan fingerprint density at radius 1 is 1.35 bits per heavy atom. The maximum atomic E-state index is 13.5. The Balaban J connectivity index is 2.67. The monoisotopic (exact) mass is 252 g/mol. The minimum absolute atomic E-state index is 0.0941. The molecule has 0 fully saturated rings. The molecule has 1 aromatic carbocycles. The minimum atomic E-state index is -0.575.